The van der Waals surface area contributed by atoms with Crippen molar-refractivity contribution in [1.82, 2.24) is 0 Å². The average Bonchev–Trinajstić information content (AvgIpc) is 2.47. The molecule has 1 aliphatic rings. The van der Waals surface area contributed by atoms with E-state index >= 15 is 0 Å². The van der Waals surface area contributed by atoms with Gasteiger partial charge < -0.3 is 9.01 Å². The van der Waals surface area contributed by atoms with E-state index < -0.39 is 7.37 Å². The van der Waals surface area contributed by atoms with Crippen molar-refractivity contribution >= 4 is 7.37 Å². The third-order valence-electron chi connectivity index (χ3n) is 4.37. The van der Waals surface area contributed by atoms with Gasteiger partial charge in [-0.1, -0.05) is 36.4 Å². The van der Waals surface area contributed by atoms with Crippen molar-refractivity contribution in [2.24, 2.45) is 0 Å². The maximum atomic E-state index is 12.8. The number of likely N-dealkylation sites (N-methyl/N-ethyl adjacent to an activating group) is 1. The lowest BCUT2D eigenvalue weighted by Gasteiger charge is -2.35. The van der Waals surface area contributed by atoms with Gasteiger partial charge >= 0.3 is 0 Å². The Bertz CT molecular complexity index is 740. The van der Waals surface area contributed by atoms with Gasteiger partial charge in [0.1, 0.15) is 12.3 Å². The van der Waals surface area contributed by atoms with Crippen LogP contribution in [0.5, 0.6) is 5.75 Å². The topological polar surface area (TPSA) is 26.3 Å². The van der Waals surface area contributed by atoms with Gasteiger partial charge in [-0.2, -0.15) is 0 Å². The van der Waals surface area contributed by atoms with Crippen LogP contribution in [0.1, 0.15) is 16.7 Å². The number of rotatable bonds is 4. The molecule has 0 fully saturated rings. The molecule has 1 atom stereocenters. The molecular formula is C19H25NO2P+. The van der Waals surface area contributed by atoms with Gasteiger partial charge in [-0.25, -0.2) is 0 Å². The maximum Gasteiger partial charge on any atom is 0.249 e. The van der Waals surface area contributed by atoms with E-state index in [-0.39, 0.29) is 0 Å². The molecular weight excluding hydrogens is 305 g/mol. The third-order valence-corrected chi connectivity index (χ3v) is 5.90. The van der Waals surface area contributed by atoms with Crippen LogP contribution in [0.25, 0.3) is 0 Å². The molecule has 0 bridgehead atoms. The number of hydrogen-bond donors (Lipinski definition) is 0. The fraction of sp³-hybridized carbons (Fsp3) is 0.368. The predicted molar refractivity (Wildman–Crippen MR) is 95.1 cm³/mol. The standard InChI is InChI=1S/C19H25NO2P/c1-20(2)12-11-17-13-16(9-10-18(17)14-20)15-23(3,21)22-19-7-5-4-6-8-19/h4-10,13H,11-12,14-15H2,1-3H3/q+1. The number of hydrogen-bond acceptors (Lipinski definition) is 2. The largest absolute Gasteiger partial charge is 0.443 e. The summed E-state index contributed by atoms with van der Waals surface area (Å²) in [5.74, 6) is 0.676. The maximum absolute atomic E-state index is 12.8. The molecule has 3 rings (SSSR count). The van der Waals surface area contributed by atoms with Gasteiger partial charge in [0.15, 0.2) is 0 Å². The van der Waals surface area contributed by atoms with Crippen molar-refractivity contribution < 1.29 is 13.6 Å². The fourth-order valence-electron chi connectivity index (χ4n) is 3.20. The summed E-state index contributed by atoms with van der Waals surface area (Å²) >= 11 is 0. The van der Waals surface area contributed by atoms with E-state index in [0.29, 0.717) is 11.9 Å². The van der Waals surface area contributed by atoms with Crippen molar-refractivity contribution in [3.63, 3.8) is 0 Å². The van der Waals surface area contributed by atoms with Crippen molar-refractivity contribution in [3.8, 4) is 5.75 Å². The van der Waals surface area contributed by atoms with E-state index in [2.05, 4.69) is 32.3 Å². The number of para-hydroxylation sites is 1. The molecule has 2 aromatic rings. The molecule has 122 valence electrons. The second-order valence-corrected chi connectivity index (χ2v) is 9.77. The molecule has 1 heterocycles. The average molecular weight is 330 g/mol. The van der Waals surface area contributed by atoms with Crippen molar-refractivity contribution in [3.05, 3.63) is 65.2 Å². The van der Waals surface area contributed by atoms with E-state index in [0.717, 1.165) is 29.6 Å². The predicted octanol–water partition coefficient (Wildman–Crippen LogP) is 4.31. The van der Waals surface area contributed by atoms with Gasteiger partial charge in [0.05, 0.1) is 26.8 Å². The summed E-state index contributed by atoms with van der Waals surface area (Å²) in [5.41, 5.74) is 3.93. The number of quaternary nitrogens is 1. The molecule has 0 saturated carbocycles. The van der Waals surface area contributed by atoms with Crippen LogP contribution in [-0.2, 0) is 23.7 Å². The monoisotopic (exact) mass is 330 g/mol. The SMILES string of the molecule is C[N+]1(C)CCc2cc(CP(C)(=O)Oc3ccccc3)ccc2C1. The van der Waals surface area contributed by atoms with Crippen LogP contribution in [0.2, 0.25) is 0 Å². The summed E-state index contributed by atoms with van der Waals surface area (Å²) in [5, 5.41) is 0. The van der Waals surface area contributed by atoms with Crippen molar-refractivity contribution in [1.29, 1.82) is 0 Å². The van der Waals surface area contributed by atoms with Gasteiger partial charge in [-0.15, -0.1) is 0 Å². The van der Waals surface area contributed by atoms with Crippen LogP contribution in [0.15, 0.2) is 48.5 Å². The highest BCUT2D eigenvalue weighted by molar-refractivity contribution is 7.57. The van der Waals surface area contributed by atoms with Crippen LogP contribution in [-0.4, -0.2) is 31.8 Å². The Morgan fingerprint density at radius 1 is 1.09 bits per heavy atom. The number of nitrogens with zero attached hydrogens (tertiary/aromatic N) is 1. The van der Waals surface area contributed by atoms with E-state index in [1.54, 1.807) is 6.66 Å². The number of fused-ring (bicyclic) bond motifs is 1. The van der Waals surface area contributed by atoms with Gasteiger partial charge in [-0.05, 0) is 23.3 Å². The zero-order chi connectivity index (χ0) is 16.5. The molecule has 0 amide bonds. The minimum absolute atomic E-state index is 0.480. The minimum atomic E-state index is -2.70. The molecule has 0 saturated heterocycles. The highest BCUT2D eigenvalue weighted by atomic mass is 31.2. The lowest BCUT2D eigenvalue weighted by Crippen LogP contribution is -2.43. The highest BCUT2D eigenvalue weighted by Gasteiger charge is 2.25. The van der Waals surface area contributed by atoms with Gasteiger partial charge in [0.25, 0.3) is 0 Å². The van der Waals surface area contributed by atoms with Gasteiger partial charge in [0, 0.05) is 18.6 Å². The van der Waals surface area contributed by atoms with Crippen LogP contribution in [0, 0.1) is 0 Å². The van der Waals surface area contributed by atoms with Crippen LogP contribution in [0.3, 0.4) is 0 Å². The first-order chi connectivity index (χ1) is 10.8. The van der Waals surface area contributed by atoms with Crippen LogP contribution in [0.4, 0.5) is 0 Å². The summed E-state index contributed by atoms with van der Waals surface area (Å²) in [4.78, 5) is 0. The van der Waals surface area contributed by atoms with E-state index in [9.17, 15) is 4.57 Å². The zero-order valence-corrected chi connectivity index (χ0v) is 15.1. The zero-order valence-electron chi connectivity index (χ0n) is 14.2. The van der Waals surface area contributed by atoms with Crippen molar-refractivity contribution in [2.45, 2.75) is 19.1 Å². The second kappa shape index (κ2) is 6.14. The summed E-state index contributed by atoms with van der Waals surface area (Å²) in [6.45, 7) is 3.94. The van der Waals surface area contributed by atoms with Crippen LogP contribution < -0.4 is 4.52 Å². The molecule has 1 aliphatic heterocycles. The molecule has 0 N–H and O–H groups in total. The summed E-state index contributed by atoms with van der Waals surface area (Å²) in [7, 11) is 1.84. The second-order valence-electron chi connectivity index (χ2n) is 7.25. The summed E-state index contributed by atoms with van der Waals surface area (Å²) < 4.78 is 19.6. The first-order valence-electron chi connectivity index (χ1n) is 8.07. The molecule has 0 radical (unpaired) electrons. The number of benzene rings is 2. The molecule has 3 nitrogen and oxygen atoms in total. The normalized spacial score (nSPS) is 18.7. The van der Waals surface area contributed by atoms with E-state index in [1.165, 1.54) is 11.1 Å². The first-order valence-corrected chi connectivity index (χ1v) is 10.3. The summed E-state index contributed by atoms with van der Waals surface area (Å²) in [6, 6.07) is 15.9. The Balaban J connectivity index is 1.74. The van der Waals surface area contributed by atoms with Crippen molar-refractivity contribution in [2.75, 3.05) is 27.3 Å². The molecule has 23 heavy (non-hydrogen) atoms. The van der Waals surface area contributed by atoms with Gasteiger partial charge in [0.2, 0.25) is 7.37 Å². The van der Waals surface area contributed by atoms with E-state index in [4.69, 9.17) is 4.52 Å². The Kier molecular flexibility index (Phi) is 4.35. The first kappa shape index (κ1) is 16.3. The Hall–Kier alpha value is -1.57. The third kappa shape index (κ3) is 4.25. The molecule has 0 aromatic heterocycles. The van der Waals surface area contributed by atoms with Crippen LogP contribution >= 0.6 is 7.37 Å². The summed E-state index contributed by atoms with van der Waals surface area (Å²) in [6.07, 6.45) is 1.57. The Morgan fingerprint density at radius 3 is 2.57 bits per heavy atom. The smallest absolute Gasteiger partial charge is 0.249 e. The Labute approximate surface area is 138 Å². The Morgan fingerprint density at radius 2 is 1.83 bits per heavy atom. The molecule has 1 unspecified atom stereocenters. The lowest BCUT2D eigenvalue weighted by molar-refractivity contribution is -0.905. The van der Waals surface area contributed by atoms with Gasteiger partial charge in [-0.3, -0.25) is 4.57 Å². The molecule has 2 aromatic carbocycles. The molecule has 0 aliphatic carbocycles. The lowest BCUT2D eigenvalue weighted by atomic mass is 9.97. The quantitative estimate of drug-likeness (QED) is 0.617. The van der Waals surface area contributed by atoms with E-state index in [1.807, 2.05) is 30.3 Å². The fourth-order valence-corrected chi connectivity index (χ4v) is 4.69. The minimum Gasteiger partial charge on any atom is -0.443 e. The highest BCUT2D eigenvalue weighted by Crippen LogP contribution is 2.46. The molecule has 4 heteroatoms. The molecule has 0 spiro atoms.